The monoisotopic (exact) mass is 314 g/mol. The average molecular weight is 314 g/mol. The van der Waals surface area contributed by atoms with Crippen molar-refractivity contribution < 1.29 is 12.8 Å². The van der Waals surface area contributed by atoms with Crippen LogP contribution in [0.25, 0.3) is 0 Å². The van der Waals surface area contributed by atoms with Crippen molar-refractivity contribution in [2.45, 2.75) is 63.7 Å². The average Bonchev–Trinajstić information content (AvgIpc) is 2.81. The highest BCUT2D eigenvalue weighted by Gasteiger charge is 2.33. The molecule has 1 aromatic rings. The number of sulfone groups is 1. The standard InChI is InChI=1S/C15H26N2O3S/c1-15(2,3)17-9-6-8-14-16-11-12(20-14)13-7-4-5-10-21(13,18)19/h11,13,17H,4-10H2,1-3H3. The van der Waals surface area contributed by atoms with E-state index in [0.717, 1.165) is 32.2 Å². The molecule has 0 saturated carbocycles. The molecule has 1 fully saturated rings. The lowest BCUT2D eigenvalue weighted by Gasteiger charge is -2.20. The van der Waals surface area contributed by atoms with Crippen LogP contribution in [0.1, 0.15) is 63.4 Å². The van der Waals surface area contributed by atoms with Gasteiger partial charge in [-0.05, 0) is 46.6 Å². The van der Waals surface area contributed by atoms with Crippen molar-refractivity contribution in [1.29, 1.82) is 0 Å². The molecule has 0 aromatic carbocycles. The third kappa shape index (κ3) is 4.81. The van der Waals surface area contributed by atoms with E-state index in [9.17, 15) is 8.42 Å². The van der Waals surface area contributed by atoms with Crippen LogP contribution in [0.2, 0.25) is 0 Å². The van der Waals surface area contributed by atoms with Crippen LogP contribution < -0.4 is 5.32 Å². The van der Waals surface area contributed by atoms with Crippen molar-refractivity contribution in [2.24, 2.45) is 0 Å². The van der Waals surface area contributed by atoms with Crippen LogP contribution in [-0.4, -0.2) is 31.2 Å². The van der Waals surface area contributed by atoms with Crippen LogP contribution in [0.5, 0.6) is 0 Å². The van der Waals surface area contributed by atoms with E-state index in [4.69, 9.17) is 4.42 Å². The van der Waals surface area contributed by atoms with E-state index in [2.05, 4.69) is 31.1 Å². The Kier molecular flexibility index (Phi) is 5.09. The van der Waals surface area contributed by atoms with Crippen molar-refractivity contribution in [3.05, 3.63) is 17.8 Å². The van der Waals surface area contributed by atoms with Gasteiger partial charge in [0.1, 0.15) is 11.0 Å². The van der Waals surface area contributed by atoms with E-state index >= 15 is 0 Å². The Bertz CT molecular complexity index is 558. The zero-order valence-electron chi connectivity index (χ0n) is 13.2. The second-order valence-corrected chi connectivity index (χ2v) is 9.09. The lowest BCUT2D eigenvalue weighted by Crippen LogP contribution is -2.36. The van der Waals surface area contributed by atoms with Gasteiger partial charge in [-0.1, -0.05) is 6.42 Å². The predicted molar refractivity (Wildman–Crippen MR) is 83.0 cm³/mol. The molecule has 1 aromatic heterocycles. The highest BCUT2D eigenvalue weighted by molar-refractivity contribution is 7.91. The first-order valence-corrected chi connectivity index (χ1v) is 9.41. The van der Waals surface area contributed by atoms with Gasteiger partial charge in [-0.25, -0.2) is 13.4 Å². The molecule has 21 heavy (non-hydrogen) atoms. The second kappa shape index (κ2) is 6.48. The van der Waals surface area contributed by atoms with Crippen molar-refractivity contribution in [3.8, 4) is 0 Å². The number of aryl methyl sites for hydroxylation is 1. The van der Waals surface area contributed by atoms with Gasteiger partial charge in [0.05, 0.1) is 11.9 Å². The molecule has 6 heteroatoms. The summed E-state index contributed by atoms with van der Waals surface area (Å²) in [5.74, 6) is 1.43. The molecular formula is C15H26N2O3S. The van der Waals surface area contributed by atoms with Gasteiger partial charge in [0, 0.05) is 12.0 Å². The quantitative estimate of drug-likeness (QED) is 0.846. The molecule has 2 heterocycles. The summed E-state index contributed by atoms with van der Waals surface area (Å²) < 4.78 is 29.8. The van der Waals surface area contributed by atoms with Crippen LogP contribution in [0.15, 0.2) is 10.6 Å². The normalized spacial score (nSPS) is 22.3. The van der Waals surface area contributed by atoms with Crippen molar-refractivity contribution >= 4 is 9.84 Å². The second-order valence-electron chi connectivity index (χ2n) is 6.79. The maximum atomic E-state index is 12.1. The Morgan fingerprint density at radius 1 is 1.38 bits per heavy atom. The fourth-order valence-electron chi connectivity index (χ4n) is 2.57. The number of aromatic nitrogens is 1. The van der Waals surface area contributed by atoms with E-state index in [1.165, 1.54) is 0 Å². The number of rotatable bonds is 5. The summed E-state index contributed by atoms with van der Waals surface area (Å²) in [5, 5.41) is 2.92. The van der Waals surface area contributed by atoms with Gasteiger partial charge < -0.3 is 9.73 Å². The third-order valence-electron chi connectivity index (χ3n) is 3.69. The smallest absolute Gasteiger partial charge is 0.194 e. The SMILES string of the molecule is CC(C)(C)NCCCc1ncc(C2CCCCS2(=O)=O)o1. The van der Waals surface area contributed by atoms with Gasteiger partial charge in [-0.3, -0.25) is 0 Å². The molecule has 120 valence electrons. The van der Waals surface area contributed by atoms with E-state index in [1.807, 2.05) is 0 Å². The maximum Gasteiger partial charge on any atom is 0.194 e. The number of hydrogen-bond acceptors (Lipinski definition) is 5. The molecule has 1 aliphatic heterocycles. The van der Waals surface area contributed by atoms with Crippen LogP contribution in [0.3, 0.4) is 0 Å². The Hall–Kier alpha value is -0.880. The van der Waals surface area contributed by atoms with Gasteiger partial charge in [0.15, 0.2) is 15.7 Å². The zero-order chi connectivity index (χ0) is 15.5. The van der Waals surface area contributed by atoms with E-state index in [0.29, 0.717) is 18.1 Å². The predicted octanol–water partition coefficient (Wildman–Crippen LogP) is 2.64. The number of nitrogens with one attached hydrogen (secondary N) is 1. The number of nitrogens with zero attached hydrogens (tertiary/aromatic N) is 1. The molecule has 0 radical (unpaired) electrons. The minimum atomic E-state index is -3.05. The lowest BCUT2D eigenvalue weighted by molar-refractivity contribution is 0.400. The minimum absolute atomic E-state index is 0.109. The Balaban J connectivity index is 1.89. The Labute approximate surface area is 127 Å². The molecule has 1 N–H and O–H groups in total. The Morgan fingerprint density at radius 2 is 2.14 bits per heavy atom. The van der Waals surface area contributed by atoms with Crippen molar-refractivity contribution in [1.82, 2.24) is 10.3 Å². The first kappa shape index (κ1) is 16.5. The van der Waals surface area contributed by atoms with Crippen LogP contribution in [0.4, 0.5) is 0 Å². The number of hydrogen-bond donors (Lipinski definition) is 1. The molecule has 1 saturated heterocycles. The molecule has 0 bridgehead atoms. The van der Waals surface area contributed by atoms with E-state index in [1.54, 1.807) is 6.20 Å². The van der Waals surface area contributed by atoms with E-state index in [-0.39, 0.29) is 11.3 Å². The molecule has 1 unspecified atom stereocenters. The molecule has 1 atom stereocenters. The van der Waals surface area contributed by atoms with Gasteiger partial charge in [-0.15, -0.1) is 0 Å². The summed E-state index contributed by atoms with van der Waals surface area (Å²) in [6.07, 6.45) is 5.61. The summed E-state index contributed by atoms with van der Waals surface area (Å²) in [6.45, 7) is 7.28. The largest absolute Gasteiger partial charge is 0.444 e. The summed E-state index contributed by atoms with van der Waals surface area (Å²) in [7, 11) is -3.05. The summed E-state index contributed by atoms with van der Waals surface area (Å²) in [4.78, 5) is 4.23. The summed E-state index contributed by atoms with van der Waals surface area (Å²) in [5.41, 5.74) is 0.109. The van der Waals surface area contributed by atoms with Crippen LogP contribution in [-0.2, 0) is 16.3 Å². The van der Waals surface area contributed by atoms with E-state index < -0.39 is 15.1 Å². The van der Waals surface area contributed by atoms with Gasteiger partial charge in [0.2, 0.25) is 0 Å². The zero-order valence-corrected chi connectivity index (χ0v) is 14.0. The first-order chi connectivity index (χ1) is 9.78. The Morgan fingerprint density at radius 3 is 2.81 bits per heavy atom. The summed E-state index contributed by atoms with van der Waals surface area (Å²) >= 11 is 0. The third-order valence-corrected chi connectivity index (χ3v) is 5.88. The fraction of sp³-hybridized carbons (Fsp3) is 0.800. The topological polar surface area (TPSA) is 72.2 Å². The fourth-order valence-corrected chi connectivity index (χ4v) is 4.45. The molecule has 1 aliphatic rings. The minimum Gasteiger partial charge on any atom is -0.444 e. The summed E-state index contributed by atoms with van der Waals surface area (Å²) in [6, 6.07) is 0. The first-order valence-electron chi connectivity index (χ1n) is 7.69. The van der Waals surface area contributed by atoms with Crippen LogP contribution >= 0.6 is 0 Å². The maximum absolute atomic E-state index is 12.1. The van der Waals surface area contributed by atoms with Crippen LogP contribution in [0, 0.1) is 0 Å². The highest BCUT2D eigenvalue weighted by Crippen LogP contribution is 2.33. The lowest BCUT2D eigenvalue weighted by atomic mass is 10.1. The van der Waals surface area contributed by atoms with Crippen molar-refractivity contribution in [2.75, 3.05) is 12.3 Å². The highest BCUT2D eigenvalue weighted by atomic mass is 32.2. The molecule has 0 amide bonds. The molecular weight excluding hydrogens is 288 g/mol. The molecule has 5 nitrogen and oxygen atoms in total. The van der Waals surface area contributed by atoms with Crippen molar-refractivity contribution in [3.63, 3.8) is 0 Å². The molecule has 0 aliphatic carbocycles. The number of oxazole rings is 1. The van der Waals surface area contributed by atoms with Gasteiger partial charge in [0.25, 0.3) is 0 Å². The molecule has 2 rings (SSSR count). The van der Waals surface area contributed by atoms with Gasteiger partial charge in [-0.2, -0.15) is 0 Å². The molecule has 0 spiro atoms. The van der Waals surface area contributed by atoms with Gasteiger partial charge >= 0.3 is 0 Å².